The topological polar surface area (TPSA) is 71.9 Å². The van der Waals surface area contributed by atoms with Crippen molar-refractivity contribution in [2.45, 2.75) is 18.7 Å². The molecule has 132 valence electrons. The van der Waals surface area contributed by atoms with Gasteiger partial charge in [-0.1, -0.05) is 36.4 Å². The first-order chi connectivity index (χ1) is 12.2. The molecule has 2 aromatic rings. The van der Waals surface area contributed by atoms with E-state index in [1.54, 1.807) is 12.1 Å². The third-order valence-electron chi connectivity index (χ3n) is 4.34. The Balaban J connectivity index is 1.85. The van der Waals surface area contributed by atoms with Gasteiger partial charge < -0.3 is 14.6 Å². The summed E-state index contributed by atoms with van der Waals surface area (Å²) in [6.07, 6.45) is -0.292. The van der Waals surface area contributed by atoms with Crippen molar-refractivity contribution in [3.05, 3.63) is 65.5 Å². The molecule has 1 N–H and O–H groups in total. The number of rotatable bonds is 5. The van der Waals surface area contributed by atoms with Gasteiger partial charge in [-0.3, -0.25) is 4.90 Å². The SMILES string of the molecule is COC(=O)c1cccc(CN2CCO[C@@H](CO)[C@@H]2c2ccccc2)n1. The van der Waals surface area contributed by atoms with Crippen molar-refractivity contribution in [2.75, 3.05) is 26.9 Å². The molecule has 1 aliphatic rings. The highest BCUT2D eigenvalue weighted by molar-refractivity contribution is 5.87. The van der Waals surface area contributed by atoms with Gasteiger partial charge in [0.25, 0.3) is 0 Å². The van der Waals surface area contributed by atoms with Crippen LogP contribution in [0.1, 0.15) is 27.8 Å². The average molecular weight is 342 g/mol. The summed E-state index contributed by atoms with van der Waals surface area (Å²) >= 11 is 0. The van der Waals surface area contributed by atoms with Gasteiger partial charge in [-0.2, -0.15) is 0 Å². The Morgan fingerprint density at radius 1 is 1.28 bits per heavy atom. The molecule has 1 saturated heterocycles. The van der Waals surface area contributed by atoms with Gasteiger partial charge in [-0.05, 0) is 17.7 Å². The molecule has 1 aromatic carbocycles. The van der Waals surface area contributed by atoms with Crippen LogP contribution in [0.4, 0.5) is 0 Å². The fourth-order valence-corrected chi connectivity index (χ4v) is 3.19. The van der Waals surface area contributed by atoms with E-state index in [-0.39, 0.29) is 18.8 Å². The molecule has 6 heteroatoms. The van der Waals surface area contributed by atoms with Crippen molar-refractivity contribution in [3.8, 4) is 0 Å². The van der Waals surface area contributed by atoms with Crippen molar-refractivity contribution in [1.82, 2.24) is 9.88 Å². The van der Waals surface area contributed by atoms with E-state index in [1.807, 2.05) is 36.4 Å². The molecule has 0 saturated carbocycles. The summed E-state index contributed by atoms with van der Waals surface area (Å²) in [6, 6.07) is 15.3. The maximum atomic E-state index is 11.7. The number of methoxy groups -OCH3 is 1. The Morgan fingerprint density at radius 2 is 2.08 bits per heavy atom. The number of ether oxygens (including phenoxy) is 2. The molecule has 0 spiro atoms. The minimum absolute atomic E-state index is 0.0499. The lowest BCUT2D eigenvalue weighted by atomic mass is 9.98. The van der Waals surface area contributed by atoms with Crippen LogP contribution in [0.15, 0.2) is 48.5 Å². The Bertz CT molecular complexity index is 708. The van der Waals surface area contributed by atoms with Gasteiger partial charge >= 0.3 is 5.97 Å². The number of hydrogen-bond acceptors (Lipinski definition) is 6. The van der Waals surface area contributed by atoms with Crippen molar-refractivity contribution in [3.63, 3.8) is 0 Å². The van der Waals surface area contributed by atoms with Gasteiger partial charge in [0.1, 0.15) is 11.8 Å². The Kier molecular flexibility index (Phi) is 5.75. The molecule has 1 aliphatic heterocycles. The van der Waals surface area contributed by atoms with E-state index in [0.29, 0.717) is 18.8 Å². The molecule has 3 rings (SSSR count). The van der Waals surface area contributed by atoms with E-state index in [2.05, 4.69) is 9.88 Å². The van der Waals surface area contributed by atoms with Crippen LogP contribution in [0.5, 0.6) is 0 Å². The van der Waals surface area contributed by atoms with Crippen molar-refractivity contribution in [2.24, 2.45) is 0 Å². The minimum atomic E-state index is -0.448. The van der Waals surface area contributed by atoms with Crippen LogP contribution in [0, 0.1) is 0 Å². The molecule has 0 unspecified atom stereocenters. The second kappa shape index (κ2) is 8.20. The number of aliphatic hydroxyl groups excluding tert-OH is 1. The number of aliphatic hydroxyl groups is 1. The summed E-state index contributed by atoms with van der Waals surface area (Å²) in [7, 11) is 1.34. The van der Waals surface area contributed by atoms with Crippen LogP contribution in [0.25, 0.3) is 0 Å². The third-order valence-corrected chi connectivity index (χ3v) is 4.34. The van der Waals surface area contributed by atoms with E-state index in [9.17, 15) is 9.90 Å². The molecule has 1 fully saturated rings. The van der Waals surface area contributed by atoms with Gasteiger partial charge in [-0.25, -0.2) is 9.78 Å². The lowest BCUT2D eigenvalue weighted by molar-refractivity contribution is -0.0963. The van der Waals surface area contributed by atoms with Crippen molar-refractivity contribution in [1.29, 1.82) is 0 Å². The van der Waals surface area contributed by atoms with Crippen LogP contribution >= 0.6 is 0 Å². The zero-order valence-electron chi connectivity index (χ0n) is 14.2. The van der Waals surface area contributed by atoms with Crippen LogP contribution < -0.4 is 0 Å². The second-order valence-electron chi connectivity index (χ2n) is 5.92. The molecular weight excluding hydrogens is 320 g/mol. The first kappa shape index (κ1) is 17.5. The summed E-state index contributed by atoms with van der Waals surface area (Å²) in [5.74, 6) is -0.448. The highest BCUT2D eigenvalue weighted by atomic mass is 16.5. The molecule has 0 bridgehead atoms. The molecule has 1 aromatic heterocycles. The second-order valence-corrected chi connectivity index (χ2v) is 5.92. The van der Waals surface area contributed by atoms with E-state index in [1.165, 1.54) is 7.11 Å². The first-order valence-corrected chi connectivity index (χ1v) is 8.28. The molecule has 2 heterocycles. The largest absolute Gasteiger partial charge is 0.464 e. The van der Waals surface area contributed by atoms with Crippen molar-refractivity contribution < 1.29 is 19.4 Å². The molecule has 2 atom stereocenters. The summed E-state index contributed by atoms with van der Waals surface area (Å²) < 4.78 is 10.5. The number of hydrogen-bond donors (Lipinski definition) is 1. The van der Waals surface area contributed by atoms with Crippen LogP contribution in [0.3, 0.4) is 0 Å². The zero-order chi connectivity index (χ0) is 17.6. The van der Waals surface area contributed by atoms with E-state index in [0.717, 1.165) is 17.8 Å². The van der Waals surface area contributed by atoms with Gasteiger partial charge in [0.15, 0.2) is 0 Å². The number of carbonyl (C=O) groups excluding carboxylic acids is 1. The Labute approximate surface area is 147 Å². The molecule has 6 nitrogen and oxygen atoms in total. The standard InChI is InChI=1S/C19H22N2O4/c1-24-19(23)16-9-5-8-15(20-16)12-21-10-11-25-17(13-22)18(21)14-6-3-2-4-7-14/h2-9,17-18,22H,10-13H2,1H3/t17-,18-/m0/s1. The number of aromatic nitrogens is 1. The van der Waals surface area contributed by atoms with E-state index < -0.39 is 5.97 Å². The van der Waals surface area contributed by atoms with Gasteiger partial charge in [0, 0.05) is 13.1 Å². The van der Waals surface area contributed by atoms with Crippen LogP contribution in [-0.2, 0) is 16.0 Å². The molecule has 0 aliphatic carbocycles. The van der Waals surface area contributed by atoms with Gasteiger partial charge in [0.2, 0.25) is 0 Å². The number of morpholine rings is 1. The maximum Gasteiger partial charge on any atom is 0.356 e. The van der Waals surface area contributed by atoms with Crippen LogP contribution in [-0.4, -0.2) is 53.9 Å². The number of carbonyl (C=O) groups is 1. The Morgan fingerprint density at radius 3 is 2.80 bits per heavy atom. The fraction of sp³-hybridized carbons (Fsp3) is 0.368. The Hall–Kier alpha value is -2.28. The third kappa shape index (κ3) is 4.04. The summed E-state index contributed by atoms with van der Waals surface area (Å²) in [4.78, 5) is 18.3. The highest BCUT2D eigenvalue weighted by Gasteiger charge is 2.33. The molecular formula is C19H22N2O4. The predicted molar refractivity (Wildman–Crippen MR) is 92.0 cm³/mol. The maximum absolute atomic E-state index is 11.7. The van der Waals surface area contributed by atoms with E-state index >= 15 is 0 Å². The fourth-order valence-electron chi connectivity index (χ4n) is 3.19. The predicted octanol–water partition coefficient (Wildman–Crippen LogP) is 1.80. The molecule has 0 amide bonds. The van der Waals surface area contributed by atoms with Gasteiger partial charge in [-0.15, -0.1) is 0 Å². The number of nitrogens with zero attached hydrogens (tertiary/aromatic N) is 2. The quantitative estimate of drug-likeness (QED) is 0.836. The van der Waals surface area contributed by atoms with Crippen molar-refractivity contribution >= 4 is 5.97 Å². The summed E-state index contributed by atoms with van der Waals surface area (Å²) in [6.45, 7) is 1.78. The van der Waals surface area contributed by atoms with Gasteiger partial charge in [0.05, 0.1) is 32.1 Å². The first-order valence-electron chi connectivity index (χ1n) is 8.28. The van der Waals surface area contributed by atoms with E-state index in [4.69, 9.17) is 9.47 Å². The zero-order valence-corrected chi connectivity index (χ0v) is 14.2. The minimum Gasteiger partial charge on any atom is -0.464 e. The lowest BCUT2D eigenvalue weighted by Crippen LogP contribution is -2.46. The number of pyridine rings is 1. The normalized spacial score (nSPS) is 21.0. The summed E-state index contributed by atoms with van der Waals surface area (Å²) in [5.41, 5.74) is 2.16. The average Bonchev–Trinajstić information content (AvgIpc) is 2.68. The molecule has 0 radical (unpaired) electrons. The summed E-state index contributed by atoms with van der Waals surface area (Å²) in [5, 5.41) is 9.73. The van der Waals surface area contributed by atoms with Crippen LogP contribution in [0.2, 0.25) is 0 Å². The highest BCUT2D eigenvalue weighted by Crippen LogP contribution is 2.30. The molecule has 25 heavy (non-hydrogen) atoms. The monoisotopic (exact) mass is 342 g/mol. The number of esters is 1. The lowest BCUT2D eigenvalue weighted by Gasteiger charge is -2.40. The smallest absolute Gasteiger partial charge is 0.356 e. The number of benzene rings is 1.